The van der Waals surface area contributed by atoms with Gasteiger partial charge in [0.1, 0.15) is 4.90 Å². The van der Waals surface area contributed by atoms with Crippen molar-refractivity contribution in [1.82, 2.24) is 19.3 Å². The molecule has 0 spiro atoms. The fourth-order valence-corrected chi connectivity index (χ4v) is 5.08. The van der Waals surface area contributed by atoms with Crippen molar-refractivity contribution in [3.05, 3.63) is 60.8 Å². The van der Waals surface area contributed by atoms with Gasteiger partial charge in [-0.15, -0.1) is 0 Å². The van der Waals surface area contributed by atoms with E-state index in [4.69, 9.17) is 10.5 Å². The Morgan fingerprint density at radius 1 is 1.03 bits per heavy atom. The Bertz CT molecular complexity index is 1390. The van der Waals surface area contributed by atoms with Crippen LogP contribution in [0.15, 0.2) is 65.7 Å². The van der Waals surface area contributed by atoms with Gasteiger partial charge in [0.25, 0.3) is 0 Å². The number of imidazole rings is 1. The first-order valence-corrected chi connectivity index (χ1v) is 11.5. The lowest BCUT2D eigenvalue weighted by Gasteiger charge is -2.21. The van der Waals surface area contributed by atoms with Crippen molar-refractivity contribution in [3.8, 4) is 22.7 Å². The van der Waals surface area contributed by atoms with Crippen LogP contribution in [0.25, 0.3) is 27.8 Å². The molecule has 0 aliphatic heterocycles. The van der Waals surface area contributed by atoms with Crippen molar-refractivity contribution in [2.75, 3.05) is 12.8 Å². The number of nitrogens with one attached hydrogen (secondary N) is 1. The van der Waals surface area contributed by atoms with Crippen LogP contribution in [0.4, 0.5) is 5.95 Å². The lowest BCUT2D eigenvalue weighted by molar-refractivity contribution is 0.384. The van der Waals surface area contributed by atoms with Crippen LogP contribution in [0.1, 0.15) is 20.8 Å². The number of aromatic nitrogens is 3. The summed E-state index contributed by atoms with van der Waals surface area (Å²) in [6.07, 6.45) is 1.59. The number of methoxy groups -OCH3 is 1. The standard InChI is InChI=1S/C23H25N5O3S/c1-23(2,3)27-32(29,30)20-13-16(14-25-21(20)31-4)15-10-11-18-19(12-15)28(22(24)26-18)17-8-6-5-7-9-17/h5-14,27H,1-4H3,(H2,24,26). The van der Waals surface area contributed by atoms with E-state index in [0.29, 0.717) is 11.5 Å². The van der Waals surface area contributed by atoms with Crippen molar-refractivity contribution in [2.24, 2.45) is 0 Å². The molecule has 0 aliphatic carbocycles. The molecule has 2 aromatic heterocycles. The predicted octanol–water partition coefficient (Wildman–Crippen LogP) is 3.76. The molecule has 0 saturated heterocycles. The minimum atomic E-state index is -3.86. The van der Waals surface area contributed by atoms with E-state index in [1.165, 1.54) is 7.11 Å². The van der Waals surface area contributed by atoms with E-state index in [1.54, 1.807) is 33.0 Å². The summed E-state index contributed by atoms with van der Waals surface area (Å²) in [4.78, 5) is 8.67. The Labute approximate surface area is 187 Å². The molecule has 0 amide bonds. The highest BCUT2D eigenvalue weighted by Gasteiger charge is 2.27. The van der Waals surface area contributed by atoms with E-state index in [2.05, 4.69) is 14.7 Å². The summed E-state index contributed by atoms with van der Waals surface area (Å²) in [5.74, 6) is 0.402. The Balaban J connectivity index is 1.86. The number of nitrogens with two attached hydrogens (primary N) is 1. The smallest absolute Gasteiger partial charge is 0.246 e. The summed E-state index contributed by atoms with van der Waals surface area (Å²) in [5.41, 5.74) is 9.36. The number of fused-ring (bicyclic) bond motifs is 1. The van der Waals surface area contributed by atoms with Crippen LogP contribution in [0.2, 0.25) is 0 Å². The highest BCUT2D eigenvalue weighted by molar-refractivity contribution is 7.89. The molecule has 0 radical (unpaired) electrons. The second-order valence-electron chi connectivity index (χ2n) is 8.43. The average Bonchev–Trinajstić information content (AvgIpc) is 3.07. The number of nitrogens with zero attached hydrogens (tertiary/aromatic N) is 3. The lowest BCUT2D eigenvalue weighted by atomic mass is 10.1. The Hall–Kier alpha value is -3.43. The highest BCUT2D eigenvalue weighted by atomic mass is 32.2. The molecule has 0 aliphatic rings. The largest absolute Gasteiger partial charge is 0.480 e. The Morgan fingerprint density at radius 3 is 2.41 bits per heavy atom. The maximum atomic E-state index is 13.0. The first-order chi connectivity index (χ1) is 15.1. The molecule has 4 rings (SSSR count). The molecule has 3 N–H and O–H groups in total. The molecule has 2 aromatic carbocycles. The summed E-state index contributed by atoms with van der Waals surface area (Å²) in [7, 11) is -2.46. The third-order valence-corrected chi connectivity index (χ3v) is 6.52. The molecule has 4 aromatic rings. The number of hydrogen-bond donors (Lipinski definition) is 2. The lowest BCUT2D eigenvalue weighted by Crippen LogP contribution is -2.40. The van der Waals surface area contributed by atoms with Crippen LogP contribution in [-0.4, -0.2) is 35.6 Å². The van der Waals surface area contributed by atoms with Gasteiger partial charge in [0.05, 0.1) is 18.1 Å². The monoisotopic (exact) mass is 451 g/mol. The molecule has 9 heteroatoms. The molecule has 8 nitrogen and oxygen atoms in total. The van der Waals surface area contributed by atoms with Crippen molar-refractivity contribution in [1.29, 1.82) is 0 Å². The van der Waals surface area contributed by atoms with E-state index >= 15 is 0 Å². The van der Waals surface area contributed by atoms with Crippen molar-refractivity contribution in [2.45, 2.75) is 31.2 Å². The zero-order chi connectivity index (χ0) is 23.1. The molecule has 0 saturated carbocycles. The number of nitrogen functional groups attached to an aromatic ring is 1. The average molecular weight is 452 g/mol. The van der Waals surface area contributed by atoms with Gasteiger partial charge < -0.3 is 10.5 Å². The van der Waals surface area contributed by atoms with Gasteiger partial charge in [-0.2, -0.15) is 0 Å². The topological polar surface area (TPSA) is 112 Å². The molecular weight excluding hydrogens is 426 g/mol. The first-order valence-electron chi connectivity index (χ1n) is 10.0. The highest BCUT2D eigenvalue weighted by Crippen LogP contribution is 2.31. The zero-order valence-corrected chi connectivity index (χ0v) is 19.1. The second-order valence-corrected chi connectivity index (χ2v) is 10.1. The summed E-state index contributed by atoms with van der Waals surface area (Å²) in [6, 6.07) is 16.9. The molecule has 0 atom stereocenters. The fourth-order valence-electron chi connectivity index (χ4n) is 3.52. The van der Waals surface area contributed by atoms with Gasteiger partial charge in [0, 0.05) is 23.0 Å². The van der Waals surface area contributed by atoms with E-state index in [1.807, 2.05) is 53.1 Å². The van der Waals surface area contributed by atoms with Gasteiger partial charge >= 0.3 is 0 Å². The number of hydrogen-bond acceptors (Lipinski definition) is 6. The van der Waals surface area contributed by atoms with Gasteiger partial charge in [0.2, 0.25) is 21.9 Å². The van der Waals surface area contributed by atoms with Crippen LogP contribution in [0.3, 0.4) is 0 Å². The first kappa shape index (κ1) is 21.8. The van der Waals surface area contributed by atoms with Crippen molar-refractivity contribution < 1.29 is 13.2 Å². The molecule has 0 bridgehead atoms. The van der Waals surface area contributed by atoms with Crippen LogP contribution < -0.4 is 15.2 Å². The number of sulfonamides is 1. The van der Waals surface area contributed by atoms with E-state index in [0.717, 1.165) is 22.3 Å². The normalized spacial score (nSPS) is 12.2. The van der Waals surface area contributed by atoms with Gasteiger partial charge in [-0.1, -0.05) is 24.3 Å². The maximum absolute atomic E-state index is 13.0. The predicted molar refractivity (Wildman–Crippen MR) is 125 cm³/mol. The van der Waals surface area contributed by atoms with Crippen LogP contribution in [0, 0.1) is 0 Å². The number of para-hydroxylation sites is 1. The third-order valence-electron chi connectivity index (χ3n) is 4.77. The molecule has 2 heterocycles. The number of pyridine rings is 1. The summed E-state index contributed by atoms with van der Waals surface area (Å²) in [6.45, 7) is 5.33. The summed E-state index contributed by atoms with van der Waals surface area (Å²) >= 11 is 0. The third kappa shape index (κ3) is 4.17. The van der Waals surface area contributed by atoms with Gasteiger partial charge in [-0.3, -0.25) is 4.57 Å². The number of ether oxygens (including phenoxy) is 1. The summed E-state index contributed by atoms with van der Waals surface area (Å²) in [5, 5.41) is 0. The molecule has 0 unspecified atom stereocenters. The van der Waals surface area contributed by atoms with Crippen LogP contribution >= 0.6 is 0 Å². The zero-order valence-electron chi connectivity index (χ0n) is 18.3. The SMILES string of the molecule is COc1ncc(-c2ccc3nc(N)n(-c4ccccc4)c3c2)cc1S(=O)(=O)NC(C)(C)C. The second kappa shape index (κ2) is 7.92. The van der Waals surface area contributed by atoms with E-state index in [-0.39, 0.29) is 10.8 Å². The van der Waals surface area contributed by atoms with Gasteiger partial charge in [0.15, 0.2) is 0 Å². The van der Waals surface area contributed by atoms with Crippen LogP contribution in [-0.2, 0) is 10.0 Å². The van der Waals surface area contributed by atoms with Crippen LogP contribution in [0.5, 0.6) is 5.88 Å². The Morgan fingerprint density at radius 2 is 1.75 bits per heavy atom. The molecule has 32 heavy (non-hydrogen) atoms. The number of benzene rings is 2. The molecule has 166 valence electrons. The van der Waals surface area contributed by atoms with Gasteiger partial charge in [-0.05, 0) is 56.7 Å². The number of anilines is 1. The van der Waals surface area contributed by atoms with Gasteiger partial charge in [-0.25, -0.2) is 23.1 Å². The molecular formula is C23H25N5O3S. The van der Waals surface area contributed by atoms with E-state index in [9.17, 15) is 8.42 Å². The minimum Gasteiger partial charge on any atom is -0.480 e. The van der Waals surface area contributed by atoms with Crippen molar-refractivity contribution in [3.63, 3.8) is 0 Å². The maximum Gasteiger partial charge on any atom is 0.246 e. The van der Waals surface area contributed by atoms with Crippen molar-refractivity contribution >= 4 is 27.0 Å². The Kier molecular flexibility index (Phi) is 5.39. The quantitative estimate of drug-likeness (QED) is 0.478. The minimum absolute atomic E-state index is 0.0244. The summed E-state index contributed by atoms with van der Waals surface area (Å²) < 4.78 is 35.7. The van der Waals surface area contributed by atoms with E-state index < -0.39 is 15.6 Å². The fraction of sp³-hybridized carbons (Fsp3) is 0.217. The number of rotatable bonds is 5. The molecule has 0 fully saturated rings.